The van der Waals surface area contributed by atoms with Crippen LogP contribution in [0.5, 0.6) is 0 Å². The van der Waals surface area contributed by atoms with Crippen molar-refractivity contribution in [3.63, 3.8) is 0 Å². The first kappa shape index (κ1) is 12.8. The van der Waals surface area contributed by atoms with Crippen LogP contribution in [0.1, 0.15) is 26.7 Å². The van der Waals surface area contributed by atoms with E-state index in [0.717, 1.165) is 19.5 Å². The van der Waals surface area contributed by atoms with E-state index in [-0.39, 0.29) is 0 Å². The first-order valence-electron chi connectivity index (χ1n) is 5.42. The zero-order valence-electron chi connectivity index (χ0n) is 9.27. The topological polar surface area (TPSA) is 15.3 Å². The molecule has 5 heteroatoms. The molecule has 0 saturated carbocycles. The standard InChI is InChI=1S/C10H19F3N2/c1-8-3-5-15(6-4-14-8)9(2)7-10(11,12)13/h8-9,14H,3-7H2,1-2H3. The fraction of sp³-hybridized carbons (Fsp3) is 1.00. The van der Waals surface area contributed by atoms with Crippen molar-refractivity contribution >= 4 is 0 Å². The summed E-state index contributed by atoms with van der Waals surface area (Å²) in [4.78, 5) is 1.92. The molecule has 0 radical (unpaired) electrons. The predicted octanol–water partition coefficient (Wildman–Crippen LogP) is 2.01. The highest BCUT2D eigenvalue weighted by atomic mass is 19.4. The van der Waals surface area contributed by atoms with E-state index in [1.54, 1.807) is 6.92 Å². The van der Waals surface area contributed by atoms with E-state index in [1.165, 1.54) is 0 Å². The molecule has 0 aromatic carbocycles. The summed E-state index contributed by atoms with van der Waals surface area (Å²) in [6.45, 7) is 5.97. The summed E-state index contributed by atoms with van der Waals surface area (Å²) in [6, 6.07) is 0.00480. The SMILES string of the molecule is CC1CCN(C(C)CC(F)(F)F)CCN1. The van der Waals surface area contributed by atoms with Gasteiger partial charge in [-0.3, -0.25) is 4.90 Å². The Morgan fingerprint density at radius 3 is 2.67 bits per heavy atom. The highest BCUT2D eigenvalue weighted by Crippen LogP contribution is 2.24. The van der Waals surface area contributed by atoms with Crippen LogP contribution in [0.15, 0.2) is 0 Å². The van der Waals surface area contributed by atoms with Gasteiger partial charge in [0.15, 0.2) is 0 Å². The van der Waals surface area contributed by atoms with Gasteiger partial charge >= 0.3 is 6.18 Å². The Bertz CT molecular complexity index is 194. The molecule has 0 spiro atoms. The summed E-state index contributed by atoms with van der Waals surface area (Å²) in [5.74, 6) is 0. The van der Waals surface area contributed by atoms with Crippen molar-refractivity contribution in [1.29, 1.82) is 0 Å². The lowest BCUT2D eigenvalue weighted by Gasteiger charge is -2.27. The van der Waals surface area contributed by atoms with Crippen molar-refractivity contribution in [2.75, 3.05) is 19.6 Å². The van der Waals surface area contributed by atoms with Gasteiger partial charge < -0.3 is 5.32 Å². The summed E-state index contributed by atoms with van der Waals surface area (Å²) < 4.78 is 36.6. The first-order valence-corrected chi connectivity index (χ1v) is 5.42. The van der Waals surface area contributed by atoms with Gasteiger partial charge in [-0.05, 0) is 26.8 Å². The van der Waals surface area contributed by atoms with Crippen molar-refractivity contribution in [1.82, 2.24) is 10.2 Å². The number of halogens is 3. The van der Waals surface area contributed by atoms with E-state index < -0.39 is 18.6 Å². The quantitative estimate of drug-likeness (QED) is 0.772. The van der Waals surface area contributed by atoms with Crippen molar-refractivity contribution in [3.8, 4) is 0 Å². The van der Waals surface area contributed by atoms with Crippen molar-refractivity contribution in [3.05, 3.63) is 0 Å². The Kier molecular flexibility index (Phi) is 4.40. The Balaban J connectivity index is 2.41. The summed E-state index contributed by atoms with van der Waals surface area (Å²) in [7, 11) is 0. The van der Waals surface area contributed by atoms with Crippen LogP contribution in [0.4, 0.5) is 13.2 Å². The molecule has 15 heavy (non-hydrogen) atoms. The number of hydrogen-bond acceptors (Lipinski definition) is 2. The second kappa shape index (κ2) is 5.16. The molecule has 1 fully saturated rings. The maximum absolute atomic E-state index is 12.2. The average molecular weight is 224 g/mol. The fourth-order valence-electron chi connectivity index (χ4n) is 1.93. The maximum Gasteiger partial charge on any atom is 0.390 e. The summed E-state index contributed by atoms with van der Waals surface area (Å²) in [5, 5.41) is 3.27. The lowest BCUT2D eigenvalue weighted by Crippen LogP contribution is -2.38. The molecule has 0 aromatic rings. The van der Waals surface area contributed by atoms with Gasteiger partial charge in [0.05, 0.1) is 6.42 Å². The van der Waals surface area contributed by atoms with Gasteiger partial charge in [0.2, 0.25) is 0 Å². The van der Waals surface area contributed by atoms with Crippen LogP contribution in [-0.2, 0) is 0 Å². The van der Waals surface area contributed by atoms with Gasteiger partial charge in [-0.25, -0.2) is 0 Å². The zero-order valence-corrected chi connectivity index (χ0v) is 9.27. The second-order valence-electron chi connectivity index (χ2n) is 4.35. The van der Waals surface area contributed by atoms with Gasteiger partial charge in [0.1, 0.15) is 0 Å². The molecule has 1 rings (SSSR count). The zero-order chi connectivity index (χ0) is 11.5. The maximum atomic E-state index is 12.2. The highest BCUT2D eigenvalue weighted by Gasteiger charge is 2.32. The van der Waals surface area contributed by atoms with Gasteiger partial charge in [0, 0.05) is 25.2 Å². The molecule has 0 bridgehead atoms. The molecular formula is C10H19F3N2. The minimum absolute atomic E-state index is 0.405. The largest absolute Gasteiger partial charge is 0.390 e. The van der Waals surface area contributed by atoms with E-state index in [2.05, 4.69) is 12.2 Å². The summed E-state index contributed by atoms with van der Waals surface area (Å²) in [5.41, 5.74) is 0. The predicted molar refractivity (Wildman–Crippen MR) is 53.8 cm³/mol. The van der Waals surface area contributed by atoms with Gasteiger partial charge in [-0.2, -0.15) is 13.2 Å². The lowest BCUT2D eigenvalue weighted by atomic mass is 10.1. The van der Waals surface area contributed by atoms with E-state index in [0.29, 0.717) is 12.6 Å². The molecule has 0 aliphatic carbocycles. The van der Waals surface area contributed by atoms with Gasteiger partial charge in [-0.1, -0.05) is 0 Å². The summed E-state index contributed by atoms with van der Waals surface area (Å²) in [6.07, 6.45) is -3.84. The molecule has 2 atom stereocenters. The highest BCUT2D eigenvalue weighted by molar-refractivity contribution is 4.77. The smallest absolute Gasteiger partial charge is 0.313 e. The molecule has 2 unspecified atom stereocenters. The molecule has 0 aromatic heterocycles. The molecule has 1 heterocycles. The normalized spacial score (nSPS) is 27.4. The van der Waals surface area contributed by atoms with Crippen molar-refractivity contribution in [2.45, 2.75) is 44.9 Å². The van der Waals surface area contributed by atoms with Crippen LogP contribution < -0.4 is 5.32 Å². The number of hydrogen-bond donors (Lipinski definition) is 1. The lowest BCUT2D eigenvalue weighted by molar-refractivity contribution is -0.145. The average Bonchev–Trinajstić information content (AvgIpc) is 2.26. The number of nitrogens with one attached hydrogen (secondary N) is 1. The van der Waals surface area contributed by atoms with Crippen LogP contribution in [0.25, 0.3) is 0 Å². The Labute approximate surface area is 88.8 Å². The molecule has 1 N–H and O–H groups in total. The summed E-state index contributed by atoms with van der Waals surface area (Å²) >= 11 is 0. The second-order valence-corrected chi connectivity index (χ2v) is 4.35. The third-order valence-electron chi connectivity index (χ3n) is 2.89. The fourth-order valence-corrected chi connectivity index (χ4v) is 1.93. The monoisotopic (exact) mass is 224 g/mol. The molecular weight excluding hydrogens is 205 g/mol. The van der Waals surface area contributed by atoms with E-state index in [9.17, 15) is 13.2 Å². The molecule has 1 aliphatic heterocycles. The molecule has 0 amide bonds. The van der Waals surface area contributed by atoms with E-state index in [1.807, 2.05) is 4.90 Å². The van der Waals surface area contributed by atoms with Crippen LogP contribution in [0, 0.1) is 0 Å². The number of alkyl halides is 3. The Morgan fingerprint density at radius 1 is 1.40 bits per heavy atom. The van der Waals surface area contributed by atoms with Gasteiger partial charge in [-0.15, -0.1) is 0 Å². The van der Waals surface area contributed by atoms with E-state index in [4.69, 9.17) is 0 Å². The van der Waals surface area contributed by atoms with Crippen molar-refractivity contribution in [2.24, 2.45) is 0 Å². The van der Waals surface area contributed by atoms with Crippen LogP contribution in [-0.4, -0.2) is 42.8 Å². The van der Waals surface area contributed by atoms with Crippen molar-refractivity contribution < 1.29 is 13.2 Å². The molecule has 2 nitrogen and oxygen atoms in total. The first-order chi connectivity index (χ1) is 6.88. The number of nitrogens with zero attached hydrogens (tertiary/aromatic N) is 1. The van der Waals surface area contributed by atoms with E-state index >= 15 is 0 Å². The minimum Gasteiger partial charge on any atom is -0.313 e. The molecule has 90 valence electrons. The third-order valence-corrected chi connectivity index (χ3v) is 2.89. The molecule has 1 aliphatic rings. The van der Waals surface area contributed by atoms with Crippen LogP contribution >= 0.6 is 0 Å². The van der Waals surface area contributed by atoms with Crippen LogP contribution in [0.3, 0.4) is 0 Å². The minimum atomic E-state index is -4.05. The van der Waals surface area contributed by atoms with Gasteiger partial charge in [0.25, 0.3) is 0 Å². The Morgan fingerprint density at radius 2 is 2.07 bits per heavy atom. The van der Waals surface area contributed by atoms with Crippen LogP contribution in [0.2, 0.25) is 0 Å². The molecule has 1 saturated heterocycles. The number of rotatable bonds is 2. The third kappa shape index (κ3) is 4.84. The Hall–Kier alpha value is -0.290.